The van der Waals surface area contributed by atoms with Crippen molar-refractivity contribution in [3.8, 4) is 0 Å². The van der Waals surface area contributed by atoms with E-state index in [4.69, 9.17) is 15.3 Å². The maximum Gasteiger partial charge on any atom is 0.354 e. The van der Waals surface area contributed by atoms with Gasteiger partial charge in [0.05, 0.1) is 24.4 Å². The van der Waals surface area contributed by atoms with Crippen molar-refractivity contribution < 1.29 is 20.1 Å². The van der Waals surface area contributed by atoms with Crippen LogP contribution >= 0.6 is 0 Å². The summed E-state index contributed by atoms with van der Waals surface area (Å²) in [5.74, 6) is -1.08. The van der Waals surface area contributed by atoms with Gasteiger partial charge in [0.1, 0.15) is 5.69 Å². The highest BCUT2D eigenvalue weighted by Crippen LogP contribution is 2.04. The van der Waals surface area contributed by atoms with E-state index in [1.807, 2.05) is 0 Å². The van der Waals surface area contributed by atoms with Crippen LogP contribution in [-0.4, -0.2) is 45.0 Å². The number of nitrogens with zero attached hydrogens (tertiary/aromatic N) is 1. The van der Waals surface area contributed by atoms with E-state index in [2.05, 4.69) is 10.3 Å². The number of carbonyl (C=O) groups is 1. The minimum atomic E-state index is -1.08. The van der Waals surface area contributed by atoms with Crippen LogP contribution in [0.4, 0.5) is 0 Å². The van der Waals surface area contributed by atoms with Gasteiger partial charge in [0.2, 0.25) is 0 Å². The van der Waals surface area contributed by atoms with Gasteiger partial charge < -0.3 is 20.6 Å². The van der Waals surface area contributed by atoms with Gasteiger partial charge in [-0.25, -0.2) is 9.78 Å². The topological polar surface area (TPSA) is 103 Å². The number of carboxylic acid groups (broad SMARTS) is 1. The second-order valence-corrected chi connectivity index (χ2v) is 4.05. The molecule has 0 spiro atoms. The monoisotopic (exact) mass is 240 g/mol. The molecule has 0 aliphatic carbocycles. The van der Waals surface area contributed by atoms with Gasteiger partial charge in [0.25, 0.3) is 0 Å². The normalized spacial score (nSPS) is 11.5. The van der Waals surface area contributed by atoms with Gasteiger partial charge in [-0.05, 0) is 19.1 Å². The molecule has 0 bridgehead atoms. The number of nitrogens with one attached hydrogen (secondary N) is 1. The summed E-state index contributed by atoms with van der Waals surface area (Å²) < 4.78 is 0. The zero-order chi connectivity index (χ0) is 12.9. The Labute approximate surface area is 98.9 Å². The first-order chi connectivity index (χ1) is 8.00. The Kier molecular flexibility index (Phi) is 4.56. The van der Waals surface area contributed by atoms with Crippen LogP contribution in [0.15, 0.2) is 18.2 Å². The minimum absolute atomic E-state index is 0.0287. The predicted molar refractivity (Wildman–Crippen MR) is 60.6 cm³/mol. The molecular weight excluding hydrogens is 224 g/mol. The Bertz CT molecular complexity index is 391. The molecule has 0 amide bonds. The van der Waals surface area contributed by atoms with Crippen LogP contribution < -0.4 is 5.32 Å². The van der Waals surface area contributed by atoms with Crippen LogP contribution in [0.25, 0.3) is 0 Å². The largest absolute Gasteiger partial charge is 0.477 e. The molecule has 1 aromatic heterocycles. The number of pyridine rings is 1. The summed E-state index contributed by atoms with van der Waals surface area (Å²) in [6.45, 7) is 1.50. The fourth-order valence-electron chi connectivity index (χ4n) is 1.16. The SMILES string of the molecule is CC(CO)(CO)NCc1cccc(C(=O)O)n1. The van der Waals surface area contributed by atoms with Crippen LogP contribution in [-0.2, 0) is 6.54 Å². The minimum Gasteiger partial charge on any atom is -0.477 e. The molecule has 0 aliphatic rings. The van der Waals surface area contributed by atoms with E-state index in [-0.39, 0.29) is 25.5 Å². The van der Waals surface area contributed by atoms with Gasteiger partial charge in [-0.2, -0.15) is 0 Å². The Hall–Kier alpha value is -1.50. The van der Waals surface area contributed by atoms with Gasteiger partial charge in [-0.1, -0.05) is 6.07 Å². The quantitative estimate of drug-likeness (QED) is 0.540. The highest BCUT2D eigenvalue weighted by atomic mass is 16.4. The molecule has 0 atom stereocenters. The summed E-state index contributed by atoms with van der Waals surface area (Å²) in [6.07, 6.45) is 0. The number of aromatic carboxylic acids is 1. The standard InChI is InChI=1S/C11H16N2O4/c1-11(6-14,7-15)12-5-8-3-2-4-9(13-8)10(16)17/h2-4,12,14-15H,5-7H2,1H3,(H,16,17). The lowest BCUT2D eigenvalue weighted by atomic mass is 10.1. The molecular formula is C11H16N2O4. The van der Waals surface area contributed by atoms with Crippen molar-refractivity contribution in [2.75, 3.05) is 13.2 Å². The average Bonchev–Trinajstić information content (AvgIpc) is 2.36. The molecule has 6 heteroatoms. The summed E-state index contributed by atoms with van der Waals surface area (Å²) >= 11 is 0. The third-order valence-electron chi connectivity index (χ3n) is 2.42. The lowest BCUT2D eigenvalue weighted by molar-refractivity contribution is 0.0689. The molecule has 1 heterocycles. The van der Waals surface area contributed by atoms with E-state index in [1.54, 1.807) is 19.1 Å². The summed E-state index contributed by atoms with van der Waals surface area (Å²) in [7, 11) is 0. The van der Waals surface area contributed by atoms with Crippen molar-refractivity contribution in [1.82, 2.24) is 10.3 Å². The van der Waals surface area contributed by atoms with Crippen molar-refractivity contribution >= 4 is 5.97 Å². The highest BCUT2D eigenvalue weighted by molar-refractivity contribution is 5.85. The van der Waals surface area contributed by atoms with Gasteiger partial charge >= 0.3 is 5.97 Å². The van der Waals surface area contributed by atoms with E-state index in [0.717, 1.165) is 0 Å². The zero-order valence-electron chi connectivity index (χ0n) is 9.55. The Morgan fingerprint density at radius 3 is 2.59 bits per heavy atom. The third kappa shape index (κ3) is 3.77. The highest BCUT2D eigenvalue weighted by Gasteiger charge is 2.21. The second kappa shape index (κ2) is 5.72. The first-order valence-electron chi connectivity index (χ1n) is 5.17. The van der Waals surface area contributed by atoms with Gasteiger partial charge in [-0.3, -0.25) is 0 Å². The first-order valence-corrected chi connectivity index (χ1v) is 5.17. The van der Waals surface area contributed by atoms with E-state index in [1.165, 1.54) is 6.07 Å². The summed E-state index contributed by atoms with van der Waals surface area (Å²) in [5.41, 5.74) is -0.294. The molecule has 0 aromatic carbocycles. The Balaban J connectivity index is 2.69. The van der Waals surface area contributed by atoms with E-state index in [9.17, 15) is 4.79 Å². The maximum atomic E-state index is 10.7. The average molecular weight is 240 g/mol. The number of rotatable bonds is 6. The van der Waals surface area contributed by atoms with E-state index in [0.29, 0.717) is 5.69 Å². The van der Waals surface area contributed by atoms with Crippen LogP contribution in [0.3, 0.4) is 0 Å². The maximum absolute atomic E-state index is 10.7. The fourth-order valence-corrected chi connectivity index (χ4v) is 1.16. The van der Waals surface area contributed by atoms with Crippen LogP contribution in [0.1, 0.15) is 23.1 Å². The Morgan fingerprint density at radius 1 is 1.41 bits per heavy atom. The van der Waals surface area contributed by atoms with E-state index >= 15 is 0 Å². The zero-order valence-corrected chi connectivity index (χ0v) is 9.55. The molecule has 17 heavy (non-hydrogen) atoms. The lowest BCUT2D eigenvalue weighted by Crippen LogP contribution is -2.48. The number of hydrogen-bond donors (Lipinski definition) is 4. The number of hydrogen-bond acceptors (Lipinski definition) is 5. The fraction of sp³-hybridized carbons (Fsp3) is 0.455. The molecule has 0 radical (unpaired) electrons. The molecule has 6 nitrogen and oxygen atoms in total. The van der Waals surface area contributed by atoms with Gasteiger partial charge in [0, 0.05) is 6.54 Å². The number of aromatic nitrogens is 1. The van der Waals surface area contributed by atoms with Crippen LogP contribution in [0.2, 0.25) is 0 Å². The third-order valence-corrected chi connectivity index (χ3v) is 2.42. The molecule has 0 fully saturated rings. The molecule has 4 N–H and O–H groups in total. The van der Waals surface area contributed by atoms with Crippen molar-refractivity contribution in [1.29, 1.82) is 0 Å². The van der Waals surface area contributed by atoms with Crippen molar-refractivity contribution in [2.24, 2.45) is 0 Å². The molecule has 1 aromatic rings. The van der Waals surface area contributed by atoms with Crippen LogP contribution in [0.5, 0.6) is 0 Å². The number of aliphatic hydroxyl groups excluding tert-OH is 2. The summed E-state index contributed by atoms with van der Waals surface area (Å²) in [4.78, 5) is 14.6. The predicted octanol–water partition coefficient (Wildman–Crippen LogP) is -0.387. The molecule has 1 rings (SSSR count). The smallest absolute Gasteiger partial charge is 0.354 e. The molecule has 0 aliphatic heterocycles. The molecule has 0 saturated heterocycles. The number of carboxylic acids is 1. The van der Waals surface area contributed by atoms with Crippen molar-refractivity contribution in [3.05, 3.63) is 29.6 Å². The van der Waals surface area contributed by atoms with Gasteiger partial charge in [0.15, 0.2) is 0 Å². The molecule has 0 unspecified atom stereocenters. The van der Waals surface area contributed by atoms with Crippen LogP contribution in [0, 0.1) is 0 Å². The van der Waals surface area contributed by atoms with Crippen molar-refractivity contribution in [3.63, 3.8) is 0 Å². The lowest BCUT2D eigenvalue weighted by Gasteiger charge is -2.26. The molecule has 94 valence electrons. The Morgan fingerprint density at radius 2 is 2.06 bits per heavy atom. The van der Waals surface area contributed by atoms with Crippen molar-refractivity contribution in [2.45, 2.75) is 19.0 Å². The van der Waals surface area contributed by atoms with E-state index < -0.39 is 11.5 Å². The molecule has 0 saturated carbocycles. The van der Waals surface area contributed by atoms with Gasteiger partial charge in [-0.15, -0.1) is 0 Å². The number of aliphatic hydroxyl groups is 2. The first kappa shape index (κ1) is 13.6. The summed E-state index contributed by atoms with van der Waals surface area (Å²) in [5, 5.41) is 29.8. The second-order valence-electron chi connectivity index (χ2n) is 4.05. The summed E-state index contributed by atoms with van der Waals surface area (Å²) in [6, 6.07) is 4.68.